The first kappa shape index (κ1) is 14.0. The van der Waals surface area contributed by atoms with E-state index in [2.05, 4.69) is 33.0 Å². The molecule has 1 aliphatic rings. The van der Waals surface area contributed by atoms with Crippen LogP contribution < -0.4 is 5.32 Å². The lowest BCUT2D eigenvalue weighted by molar-refractivity contribution is 0.0589. The Morgan fingerprint density at radius 3 is 2.44 bits per heavy atom. The third-order valence-electron chi connectivity index (χ3n) is 3.37. The molecule has 2 nitrogen and oxygen atoms in total. The van der Waals surface area contributed by atoms with Gasteiger partial charge in [0.2, 0.25) is 0 Å². The van der Waals surface area contributed by atoms with Gasteiger partial charge in [-0.25, -0.2) is 0 Å². The average molecular weight is 227 g/mol. The van der Waals surface area contributed by atoms with E-state index in [-0.39, 0.29) is 5.54 Å². The van der Waals surface area contributed by atoms with Crippen LogP contribution in [0.15, 0.2) is 0 Å². The summed E-state index contributed by atoms with van der Waals surface area (Å²) in [6.07, 6.45) is 5.23. The predicted octanol–water partition coefficient (Wildman–Crippen LogP) is 3.22. The van der Waals surface area contributed by atoms with E-state index in [1.807, 2.05) is 0 Å². The van der Waals surface area contributed by atoms with Crippen LogP contribution in [0.25, 0.3) is 0 Å². The van der Waals surface area contributed by atoms with Crippen molar-refractivity contribution >= 4 is 0 Å². The molecule has 0 saturated carbocycles. The van der Waals surface area contributed by atoms with Crippen LogP contribution in [0.5, 0.6) is 0 Å². The summed E-state index contributed by atoms with van der Waals surface area (Å²) in [7, 11) is 0. The zero-order chi connectivity index (χ0) is 12.0. The van der Waals surface area contributed by atoms with E-state index in [0.717, 1.165) is 31.6 Å². The smallest absolute Gasteiger partial charge is 0.0468 e. The predicted molar refractivity (Wildman–Crippen MR) is 69.7 cm³/mol. The van der Waals surface area contributed by atoms with E-state index in [0.29, 0.717) is 0 Å². The second kappa shape index (κ2) is 6.61. The van der Waals surface area contributed by atoms with Gasteiger partial charge in [-0.15, -0.1) is 0 Å². The van der Waals surface area contributed by atoms with Crippen molar-refractivity contribution in [2.75, 3.05) is 19.8 Å². The Balaban J connectivity index is 2.08. The van der Waals surface area contributed by atoms with Crippen LogP contribution in [0.3, 0.4) is 0 Å². The van der Waals surface area contributed by atoms with E-state index in [1.54, 1.807) is 0 Å². The molecular weight excluding hydrogens is 198 g/mol. The maximum Gasteiger partial charge on any atom is 0.0468 e. The maximum absolute atomic E-state index is 5.39. The minimum Gasteiger partial charge on any atom is -0.381 e. The minimum absolute atomic E-state index is 0.262. The summed E-state index contributed by atoms with van der Waals surface area (Å²) in [5.74, 6) is 1.76. The summed E-state index contributed by atoms with van der Waals surface area (Å²) in [5, 5.41) is 3.57. The van der Waals surface area contributed by atoms with Crippen molar-refractivity contribution in [3.05, 3.63) is 0 Å². The highest BCUT2D eigenvalue weighted by Gasteiger charge is 2.17. The fraction of sp³-hybridized carbons (Fsp3) is 1.00. The summed E-state index contributed by atoms with van der Waals surface area (Å²) in [6.45, 7) is 12.2. The first-order valence-electron chi connectivity index (χ1n) is 6.80. The van der Waals surface area contributed by atoms with Gasteiger partial charge in [0, 0.05) is 18.8 Å². The van der Waals surface area contributed by atoms with Crippen LogP contribution in [0.1, 0.15) is 53.4 Å². The number of nitrogens with one attached hydrogen (secondary N) is 1. The lowest BCUT2D eigenvalue weighted by Crippen LogP contribution is -2.37. The largest absolute Gasteiger partial charge is 0.381 e. The molecule has 1 aliphatic heterocycles. The van der Waals surface area contributed by atoms with Gasteiger partial charge in [-0.3, -0.25) is 0 Å². The first-order valence-corrected chi connectivity index (χ1v) is 6.80. The Kier molecular flexibility index (Phi) is 5.77. The minimum atomic E-state index is 0.262. The summed E-state index contributed by atoms with van der Waals surface area (Å²) in [4.78, 5) is 0. The molecule has 1 fully saturated rings. The normalized spacial score (nSPS) is 21.0. The molecule has 1 unspecified atom stereocenters. The van der Waals surface area contributed by atoms with Crippen molar-refractivity contribution in [2.24, 2.45) is 11.8 Å². The summed E-state index contributed by atoms with van der Waals surface area (Å²) in [5.41, 5.74) is 0.262. The molecule has 0 aromatic carbocycles. The zero-order valence-corrected chi connectivity index (χ0v) is 11.5. The van der Waals surface area contributed by atoms with E-state index in [4.69, 9.17) is 4.74 Å². The van der Waals surface area contributed by atoms with Crippen LogP contribution in [0.2, 0.25) is 0 Å². The molecule has 1 saturated heterocycles. The van der Waals surface area contributed by atoms with Gasteiger partial charge < -0.3 is 10.1 Å². The molecule has 0 aromatic heterocycles. The SMILES string of the molecule is CC(CCNC(C)(C)C)CC1CCOCC1. The Morgan fingerprint density at radius 1 is 1.25 bits per heavy atom. The first-order chi connectivity index (χ1) is 7.47. The fourth-order valence-corrected chi connectivity index (χ4v) is 2.36. The highest BCUT2D eigenvalue weighted by molar-refractivity contribution is 4.72. The molecule has 0 aliphatic carbocycles. The molecule has 1 rings (SSSR count). The number of rotatable bonds is 5. The highest BCUT2D eigenvalue weighted by Crippen LogP contribution is 2.24. The summed E-state index contributed by atoms with van der Waals surface area (Å²) >= 11 is 0. The van der Waals surface area contributed by atoms with Crippen LogP contribution >= 0.6 is 0 Å². The van der Waals surface area contributed by atoms with Crippen LogP contribution in [-0.2, 0) is 4.74 Å². The van der Waals surface area contributed by atoms with Gasteiger partial charge in [0.05, 0.1) is 0 Å². The Morgan fingerprint density at radius 2 is 1.88 bits per heavy atom. The second-order valence-corrected chi connectivity index (χ2v) is 6.36. The lowest BCUT2D eigenvalue weighted by Gasteiger charge is -2.26. The fourth-order valence-electron chi connectivity index (χ4n) is 2.36. The van der Waals surface area contributed by atoms with E-state index < -0.39 is 0 Å². The van der Waals surface area contributed by atoms with Gasteiger partial charge in [0.15, 0.2) is 0 Å². The van der Waals surface area contributed by atoms with Gasteiger partial charge in [-0.05, 0) is 64.8 Å². The molecule has 0 amide bonds. The lowest BCUT2D eigenvalue weighted by atomic mass is 9.88. The Bertz CT molecular complexity index is 180. The van der Waals surface area contributed by atoms with Crippen molar-refractivity contribution in [1.82, 2.24) is 5.32 Å². The second-order valence-electron chi connectivity index (χ2n) is 6.36. The third kappa shape index (κ3) is 6.49. The van der Waals surface area contributed by atoms with Crippen molar-refractivity contribution in [2.45, 2.75) is 58.9 Å². The quantitative estimate of drug-likeness (QED) is 0.778. The monoisotopic (exact) mass is 227 g/mol. The van der Waals surface area contributed by atoms with Gasteiger partial charge >= 0.3 is 0 Å². The molecule has 16 heavy (non-hydrogen) atoms. The van der Waals surface area contributed by atoms with Crippen LogP contribution in [0.4, 0.5) is 0 Å². The molecule has 0 aromatic rings. The van der Waals surface area contributed by atoms with Crippen molar-refractivity contribution in [3.63, 3.8) is 0 Å². The van der Waals surface area contributed by atoms with Crippen molar-refractivity contribution < 1.29 is 4.74 Å². The molecule has 1 N–H and O–H groups in total. The molecule has 0 bridgehead atoms. The van der Waals surface area contributed by atoms with Gasteiger partial charge in [0.1, 0.15) is 0 Å². The summed E-state index contributed by atoms with van der Waals surface area (Å²) < 4.78 is 5.39. The molecule has 0 spiro atoms. The van der Waals surface area contributed by atoms with Crippen molar-refractivity contribution in [1.29, 1.82) is 0 Å². The standard InChI is InChI=1S/C14H29NO/c1-12(5-8-15-14(2,3)4)11-13-6-9-16-10-7-13/h12-13,15H,5-11H2,1-4H3. The van der Waals surface area contributed by atoms with E-state index in [1.165, 1.54) is 25.7 Å². The Labute approximate surface area is 101 Å². The molecule has 1 heterocycles. The molecular formula is C14H29NO. The van der Waals surface area contributed by atoms with Gasteiger partial charge in [-0.1, -0.05) is 6.92 Å². The van der Waals surface area contributed by atoms with Crippen LogP contribution in [-0.4, -0.2) is 25.3 Å². The van der Waals surface area contributed by atoms with Gasteiger partial charge in [0.25, 0.3) is 0 Å². The van der Waals surface area contributed by atoms with Crippen LogP contribution in [0, 0.1) is 11.8 Å². The number of hydrogen-bond donors (Lipinski definition) is 1. The average Bonchev–Trinajstić information content (AvgIpc) is 2.17. The van der Waals surface area contributed by atoms with E-state index in [9.17, 15) is 0 Å². The molecule has 96 valence electrons. The number of ether oxygens (including phenoxy) is 1. The number of hydrogen-bond acceptors (Lipinski definition) is 2. The maximum atomic E-state index is 5.39. The molecule has 2 heteroatoms. The third-order valence-corrected chi connectivity index (χ3v) is 3.37. The highest BCUT2D eigenvalue weighted by atomic mass is 16.5. The molecule has 0 radical (unpaired) electrons. The Hall–Kier alpha value is -0.0800. The zero-order valence-electron chi connectivity index (χ0n) is 11.5. The van der Waals surface area contributed by atoms with E-state index >= 15 is 0 Å². The van der Waals surface area contributed by atoms with Crippen molar-refractivity contribution in [3.8, 4) is 0 Å². The summed E-state index contributed by atoms with van der Waals surface area (Å²) in [6, 6.07) is 0. The molecule has 1 atom stereocenters. The topological polar surface area (TPSA) is 21.3 Å². The van der Waals surface area contributed by atoms with Gasteiger partial charge in [-0.2, -0.15) is 0 Å².